The summed E-state index contributed by atoms with van der Waals surface area (Å²) in [7, 11) is 0. The van der Waals surface area contributed by atoms with Crippen LogP contribution in [0.1, 0.15) is 34.9 Å². The van der Waals surface area contributed by atoms with Gasteiger partial charge in [-0.3, -0.25) is 0 Å². The minimum Gasteiger partial charge on any atom is -0.384 e. The monoisotopic (exact) mass is 330 g/mol. The average molecular weight is 330 g/mol. The van der Waals surface area contributed by atoms with Gasteiger partial charge in [-0.05, 0) is 43.0 Å². The Morgan fingerprint density at radius 1 is 0.960 bits per heavy atom. The summed E-state index contributed by atoms with van der Waals surface area (Å²) in [6.45, 7) is 2.95. The first kappa shape index (κ1) is 15.9. The fourth-order valence-corrected chi connectivity index (χ4v) is 3.58. The third kappa shape index (κ3) is 3.03. The van der Waals surface area contributed by atoms with E-state index in [0.29, 0.717) is 0 Å². The zero-order valence-corrected chi connectivity index (χ0v) is 14.4. The SMILES string of the molecule is Cc1nc(N2CCCc3ccccc32)ccc1C(O)c1ccccc1. The van der Waals surface area contributed by atoms with Crippen molar-refractivity contribution in [2.45, 2.75) is 25.9 Å². The van der Waals surface area contributed by atoms with Crippen LogP contribution in [0.25, 0.3) is 0 Å². The molecule has 0 amide bonds. The molecule has 0 bridgehead atoms. The molecule has 1 N–H and O–H groups in total. The Morgan fingerprint density at radius 3 is 2.52 bits per heavy atom. The molecule has 1 atom stereocenters. The highest BCUT2D eigenvalue weighted by molar-refractivity contribution is 5.65. The number of aryl methyl sites for hydroxylation is 2. The minimum atomic E-state index is -0.642. The maximum atomic E-state index is 10.7. The molecular weight excluding hydrogens is 308 g/mol. The minimum absolute atomic E-state index is 0.642. The van der Waals surface area contributed by atoms with Crippen LogP contribution in [0.4, 0.5) is 11.5 Å². The molecule has 1 aliphatic heterocycles. The van der Waals surface area contributed by atoms with Crippen LogP contribution in [0.3, 0.4) is 0 Å². The topological polar surface area (TPSA) is 36.4 Å². The van der Waals surface area contributed by atoms with Crippen molar-refractivity contribution in [3.63, 3.8) is 0 Å². The number of aliphatic hydroxyl groups is 1. The number of benzene rings is 2. The second kappa shape index (κ2) is 6.69. The molecule has 126 valence electrons. The van der Waals surface area contributed by atoms with Gasteiger partial charge in [0.15, 0.2) is 0 Å². The van der Waals surface area contributed by atoms with E-state index in [1.807, 2.05) is 49.4 Å². The fraction of sp³-hybridized carbons (Fsp3) is 0.227. The molecule has 0 fully saturated rings. The molecule has 0 aliphatic carbocycles. The first-order valence-electron chi connectivity index (χ1n) is 8.80. The lowest BCUT2D eigenvalue weighted by Crippen LogP contribution is -2.25. The quantitative estimate of drug-likeness (QED) is 0.765. The predicted octanol–water partition coefficient (Wildman–Crippen LogP) is 4.56. The van der Waals surface area contributed by atoms with E-state index in [1.54, 1.807) is 0 Å². The van der Waals surface area contributed by atoms with Gasteiger partial charge in [-0.2, -0.15) is 0 Å². The average Bonchev–Trinajstić information content (AvgIpc) is 2.67. The summed E-state index contributed by atoms with van der Waals surface area (Å²) in [5.41, 5.74) is 5.25. The molecule has 1 aliphatic rings. The Balaban J connectivity index is 1.67. The number of anilines is 2. The highest BCUT2D eigenvalue weighted by Gasteiger charge is 2.20. The van der Waals surface area contributed by atoms with Crippen LogP contribution >= 0.6 is 0 Å². The predicted molar refractivity (Wildman–Crippen MR) is 101 cm³/mol. The van der Waals surface area contributed by atoms with E-state index >= 15 is 0 Å². The largest absolute Gasteiger partial charge is 0.384 e. The van der Waals surface area contributed by atoms with Crippen molar-refractivity contribution in [3.8, 4) is 0 Å². The first-order chi connectivity index (χ1) is 12.2. The number of rotatable bonds is 3. The summed E-state index contributed by atoms with van der Waals surface area (Å²) in [6.07, 6.45) is 1.61. The Bertz CT molecular complexity index is 876. The molecule has 4 rings (SSSR count). The van der Waals surface area contributed by atoms with Crippen LogP contribution in [0, 0.1) is 6.92 Å². The normalized spacial score (nSPS) is 14.9. The number of para-hydroxylation sites is 1. The van der Waals surface area contributed by atoms with Crippen molar-refractivity contribution < 1.29 is 5.11 Å². The summed E-state index contributed by atoms with van der Waals surface area (Å²) in [4.78, 5) is 7.09. The number of aromatic nitrogens is 1. The number of hydrogen-bond donors (Lipinski definition) is 1. The first-order valence-corrected chi connectivity index (χ1v) is 8.80. The molecule has 1 aromatic heterocycles. The Labute approximate surface area is 148 Å². The van der Waals surface area contributed by atoms with Gasteiger partial charge in [0.05, 0.1) is 0 Å². The summed E-state index contributed by atoms with van der Waals surface area (Å²) in [5.74, 6) is 0.952. The number of nitrogens with zero attached hydrogens (tertiary/aromatic N) is 2. The molecule has 0 spiro atoms. The second-order valence-corrected chi connectivity index (χ2v) is 6.54. The van der Waals surface area contributed by atoms with Crippen molar-refractivity contribution >= 4 is 11.5 Å². The van der Waals surface area contributed by atoms with Gasteiger partial charge in [-0.15, -0.1) is 0 Å². The van der Waals surface area contributed by atoms with Gasteiger partial charge in [-0.1, -0.05) is 54.6 Å². The van der Waals surface area contributed by atoms with Gasteiger partial charge >= 0.3 is 0 Å². The van der Waals surface area contributed by atoms with Crippen LogP contribution in [0.5, 0.6) is 0 Å². The number of hydrogen-bond acceptors (Lipinski definition) is 3. The van der Waals surface area contributed by atoms with E-state index in [1.165, 1.54) is 11.3 Å². The van der Waals surface area contributed by atoms with Crippen molar-refractivity contribution in [1.82, 2.24) is 4.98 Å². The van der Waals surface area contributed by atoms with Gasteiger partial charge in [0, 0.05) is 23.5 Å². The number of aliphatic hydroxyl groups excluding tert-OH is 1. The highest BCUT2D eigenvalue weighted by Crippen LogP contribution is 2.33. The maximum Gasteiger partial charge on any atom is 0.133 e. The third-order valence-electron chi connectivity index (χ3n) is 4.91. The molecule has 3 aromatic rings. The smallest absolute Gasteiger partial charge is 0.133 e. The Hall–Kier alpha value is -2.65. The third-order valence-corrected chi connectivity index (χ3v) is 4.91. The summed E-state index contributed by atoms with van der Waals surface area (Å²) in [6, 6.07) is 22.3. The Morgan fingerprint density at radius 2 is 1.72 bits per heavy atom. The second-order valence-electron chi connectivity index (χ2n) is 6.54. The molecule has 3 heteroatoms. The molecular formula is C22H22N2O. The van der Waals surface area contributed by atoms with E-state index < -0.39 is 6.10 Å². The standard InChI is InChI=1S/C22H22N2O/c1-16-19(22(25)18-9-3-2-4-10-18)13-14-21(23-16)24-15-7-11-17-8-5-6-12-20(17)24/h2-6,8-10,12-14,22,25H,7,11,15H2,1H3. The van der Waals surface area contributed by atoms with Crippen LogP contribution in [-0.2, 0) is 6.42 Å². The van der Waals surface area contributed by atoms with Crippen molar-refractivity contribution in [3.05, 3.63) is 89.1 Å². The van der Waals surface area contributed by atoms with E-state index in [9.17, 15) is 5.11 Å². The lowest BCUT2D eigenvalue weighted by molar-refractivity contribution is 0.219. The van der Waals surface area contributed by atoms with E-state index in [0.717, 1.165) is 42.0 Å². The summed E-state index contributed by atoms with van der Waals surface area (Å²) in [5, 5.41) is 10.7. The molecule has 0 saturated carbocycles. The zero-order valence-electron chi connectivity index (χ0n) is 14.4. The number of fused-ring (bicyclic) bond motifs is 1. The van der Waals surface area contributed by atoms with Crippen LogP contribution in [0.2, 0.25) is 0 Å². The van der Waals surface area contributed by atoms with E-state index in [2.05, 4.69) is 29.2 Å². The van der Waals surface area contributed by atoms with Crippen molar-refractivity contribution in [1.29, 1.82) is 0 Å². The molecule has 25 heavy (non-hydrogen) atoms. The fourth-order valence-electron chi connectivity index (χ4n) is 3.58. The van der Waals surface area contributed by atoms with Gasteiger partial charge in [0.1, 0.15) is 11.9 Å². The van der Waals surface area contributed by atoms with Crippen LogP contribution < -0.4 is 4.90 Å². The lowest BCUT2D eigenvalue weighted by atomic mass is 9.99. The van der Waals surface area contributed by atoms with Gasteiger partial charge in [0.2, 0.25) is 0 Å². The Kier molecular flexibility index (Phi) is 4.24. The van der Waals surface area contributed by atoms with E-state index in [4.69, 9.17) is 4.98 Å². The molecule has 0 radical (unpaired) electrons. The molecule has 1 unspecified atom stereocenters. The van der Waals surface area contributed by atoms with E-state index in [-0.39, 0.29) is 0 Å². The van der Waals surface area contributed by atoms with Gasteiger partial charge in [0.25, 0.3) is 0 Å². The highest BCUT2D eigenvalue weighted by atomic mass is 16.3. The lowest BCUT2D eigenvalue weighted by Gasteiger charge is -2.31. The number of pyridine rings is 1. The summed E-state index contributed by atoms with van der Waals surface area (Å²) < 4.78 is 0. The molecule has 2 aromatic carbocycles. The van der Waals surface area contributed by atoms with Crippen LogP contribution in [0.15, 0.2) is 66.7 Å². The van der Waals surface area contributed by atoms with Gasteiger partial charge in [-0.25, -0.2) is 4.98 Å². The van der Waals surface area contributed by atoms with Crippen molar-refractivity contribution in [2.75, 3.05) is 11.4 Å². The van der Waals surface area contributed by atoms with Crippen molar-refractivity contribution in [2.24, 2.45) is 0 Å². The molecule has 2 heterocycles. The molecule has 3 nitrogen and oxygen atoms in total. The summed E-state index contributed by atoms with van der Waals surface area (Å²) >= 11 is 0. The van der Waals surface area contributed by atoms with Gasteiger partial charge < -0.3 is 10.0 Å². The zero-order chi connectivity index (χ0) is 17.2. The van der Waals surface area contributed by atoms with Crippen LogP contribution in [-0.4, -0.2) is 16.6 Å². The maximum absolute atomic E-state index is 10.7. The molecule has 0 saturated heterocycles.